The second-order valence-electron chi connectivity index (χ2n) is 7.44. The zero-order valence-electron chi connectivity index (χ0n) is 17.2. The van der Waals surface area contributed by atoms with Gasteiger partial charge in [-0.25, -0.2) is 0 Å². The first-order valence-corrected chi connectivity index (χ1v) is 10.0. The van der Waals surface area contributed by atoms with Gasteiger partial charge in [-0.3, -0.25) is 4.79 Å². The molecule has 1 fully saturated rings. The van der Waals surface area contributed by atoms with Crippen molar-refractivity contribution in [3.63, 3.8) is 0 Å². The normalized spacial score (nSPS) is 16.6. The summed E-state index contributed by atoms with van der Waals surface area (Å²) in [4.78, 5) is 14.8. The van der Waals surface area contributed by atoms with Crippen LogP contribution in [0, 0.1) is 5.92 Å². The lowest BCUT2D eigenvalue weighted by atomic mass is 9.97. The molecule has 0 unspecified atom stereocenters. The van der Waals surface area contributed by atoms with E-state index in [0.717, 1.165) is 18.6 Å². The minimum Gasteiger partial charge on any atom is -0.495 e. The second-order valence-corrected chi connectivity index (χ2v) is 7.44. The molecule has 0 spiro atoms. The molecule has 4 rings (SSSR count). The van der Waals surface area contributed by atoms with Crippen molar-refractivity contribution in [3.8, 4) is 17.2 Å². The fourth-order valence-electron chi connectivity index (χ4n) is 3.67. The van der Waals surface area contributed by atoms with E-state index in [1.165, 1.54) is 13.2 Å². The fourth-order valence-corrected chi connectivity index (χ4v) is 3.67. The first-order valence-electron chi connectivity index (χ1n) is 10.0. The van der Waals surface area contributed by atoms with Crippen molar-refractivity contribution in [3.05, 3.63) is 54.3 Å². The topological polar surface area (TPSA) is 80.5 Å². The first-order chi connectivity index (χ1) is 15.3. The van der Waals surface area contributed by atoms with Gasteiger partial charge in [0.15, 0.2) is 11.6 Å². The van der Waals surface area contributed by atoms with Crippen LogP contribution in [-0.4, -0.2) is 36.3 Å². The molecule has 1 aliphatic heterocycles. The average molecular weight is 446 g/mol. The molecule has 3 aromatic rings. The molecule has 2 aromatic heterocycles. The van der Waals surface area contributed by atoms with E-state index in [2.05, 4.69) is 15.5 Å². The lowest BCUT2D eigenvalue weighted by molar-refractivity contribution is -0.137. The molecular formula is C22H21F3N4O3. The van der Waals surface area contributed by atoms with Crippen molar-refractivity contribution in [2.24, 2.45) is 5.92 Å². The Kier molecular flexibility index (Phi) is 6.02. The van der Waals surface area contributed by atoms with Gasteiger partial charge in [-0.05, 0) is 55.3 Å². The molecule has 1 amide bonds. The summed E-state index contributed by atoms with van der Waals surface area (Å²) in [5, 5.41) is 11.0. The van der Waals surface area contributed by atoms with Crippen molar-refractivity contribution in [2.45, 2.75) is 19.0 Å². The molecule has 0 aliphatic carbocycles. The zero-order valence-corrected chi connectivity index (χ0v) is 17.2. The van der Waals surface area contributed by atoms with Crippen LogP contribution in [0.15, 0.2) is 53.1 Å². The summed E-state index contributed by atoms with van der Waals surface area (Å²) >= 11 is 0. The van der Waals surface area contributed by atoms with Crippen LogP contribution in [0.1, 0.15) is 18.4 Å². The third-order valence-corrected chi connectivity index (χ3v) is 5.32. The zero-order chi connectivity index (χ0) is 22.7. The summed E-state index contributed by atoms with van der Waals surface area (Å²) in [5.74, 6) is 0.602. The number of carbonyl (C=O) groups is 1. The van der Waals surface area contributed by atoms with Crippen LogP contribution in [0.2, 0.25) is 0 Å². The summed E-state index contributed by atoms with van der Waals surface area (Å²) < 4.78 is 49.6. The monoisotopic (exact) mass is 446 g/mol. The molecule has 7 nitrogen and oxygen atoms in total. The van der Waals surface area contributed by atoms with Crippen LogP contribution >= 0.6 is 0 Å². The fraction of sp³-hybridized carbons (Fsp3) is 0.318. The van der Waals surface area contributed by atoms with Crippen molar-refractivity contribution in [1.82, 2.24) is 10.2 Å². The standard InChI is InChI=1S/C22H21F3N4O3/c1-31-18-8-6-15(22(23,24)25)12-17(18)26-21(30)14-4-2-10-29(13-14)20-9-7-16(27-28-20)19-5-3-11-32-19/h3,5-9,11-12,14H,2,4,10,13H2,1H3,(H,26,30)/t14-/m1/s1. The van der Waals surface area contributed by atoms with Crippen molar-refractivity contribution < 1.29 is 27.1 Å². The van der Waals surface area contributed by atoms with Gasteiger partial charge in [0.05, 0.1) is 30.5 Å². The Hall–Kier alpha value is -3.56. The number of nitrogens with one attached hydrogen (secondary N) is 1. The maximum atomic E-state index is 13.1. The van der Waals surface area contributed by atoms with E-state index in [-0.39, 0.29) is 17.3 Å². The quantitative estimate of drug-likeness (QED) is 0.616. The first kappa shape index (κ1) is 21.7. The number of halogens is 3. The molecule has 0 saturated carbocycles. The lowest BCUT2D eigenvalue weighted by Crippen LogP contribution is -2.41. The number of carbonyl (C=O) groups excluding carboxylic acids is 1. The van der Waals surface area contributed by atoms with E-state index >= 15 is 0 Å². The predicted molar refractivity (Wildman–Crippen MR) is 111 cm³/mol. The number of ether oxygens (including phenoxy) is 1. The number of hydrogen-bond acceptors (Lipinski definition) is 6. The summed E-state index contributed by atoms with van der Waals surface area (Å²) in [7, 11) is 1.34. The van der Waals surface area contributed by atoms with Gasteiger partial charge >= 0.3 is 6.18 Å². The third kappa shape index (κ3) is 4.68. The number of nitrogens with zero attached hydrogens (tertiary/aromatic N) is 3. The number of hydrogen-bond donors (Lipinski definition) is 1. The van der Waals surface area contributed by atoms with Crippen LogP contribution < -0.4 is 15.0 Å². The number of amides is 1. The molecule has 0 radical (unpaired) electrons. The molecule has 1 atom stereocenters. The highest BCUT2D eigenvalue weighted by Gasteiger charge is 2.32. The number of aromatic nitrogens is 2. The molecule has 1 saturated heterocycles. The minimum absolute atomic E-state index is 0.00737. The largest absolute Gasteiger partial charge is 0.495 e. The number of rotatable bonds is 5. The van der Waals surface area contributed by atoms with Crippen LogP contribution in [0.3, 0.4) is 0 Å². The molecule has 10 heteroatoms. The van der Waals surface area contributed by atoms with Crippen molar-refractivity contribution in [2.75, 3.05) is 30.4 Å². The van der Waals surface area contributed by atoms with Gasteiger partial charge in [-0.15, -0.1) is 10.2 Å². The Labute approximate surface area is 182 Å². The van der Waals surface area contributed by atoms with Crippen LogP contribution in [0.5, 0.6) is 5.75 Å². The maximum Gasteiger partial charge on any atom is 0.416 e. The minimum atomic E-state index is -4.52. The summed E-state index contributed by atoms with van der Waals surface area (Å²) in [6.45, 7) is 1.08. The number of anilines is 2. The highest BCUT2D eigenvalue weighted by molar-refractivity contribution is 5.94. The van der Waals surface area contributed by atoms with Crippen molar-refractivity contribution >= 4 is 17.4 Å². The van der Waals surface area contributed by atoms with E-state index in [1.54, 1.807) is 30.5 Å². The van der Waals surface area contributed by atoms with E-state index in [4.69, 9.17) is 9.15 Å². The SMILES string of the molecule is COc1ccc(C(F)(F)F)cc1NC(=O)[C@@H]1CCCN(c2ccc(-c3ccco3)nn2)C1. The lowest BCUT2D eigenvalue weighted by Gasteiger charge is -2.32. The van der Waals surface area contributed by atoms with Crippen LogP contribution in [0.25, 0.3) is 11.5 Å². The van der Waals surface area contributed by atoms with Crippen LogP contribution in [0.4, 0.5) is 24.7 Å². The Balaban J connectivity index is 1.46. The molecule has 32 heavy (non-hydrogen) atoms. The van der Waals surface area contributed by atoms with Gasteiger partial charge in [0.2, 0.25) is 5.91 Å². The highest BCUT2D eigenvalue weighted by atomic mass is 19.4. The number of piperidine rings is 1. The van der Waals surface area contributed by atoms with E-state index in [1.807, 2.05) is 4.90 Å². The highest BCUT2D eigenvalue weighted by Crippen LogP contribution is 2.35. The third-order valence-electron chi connectivity index (χ3n) is 5.32. The van der Waals surface area contributed by atoms with Crippen molar-refractivity contribution in [1.29, 1.82) is 0 Å². The molecule has 1 aromatic carbocycles. The summed E-state index contributed by atoms with van der Waals surface area (Å²) in [6.07, 6.45) is -1.62. The summed E-state index contributed by atoms with van der Waals surface area (Å²) in [5.41, 5.74) is -0.264. The molecule has 3 heterocycles. The van der Waals surface area contributed by atoms with Gasteiger partial charge in [-0.2, -0.15) is 13.2 Å². The molecule has 1 N–H and O–H groups in total. The average Bonchev–Trinajstić information content (AvgIpc) is 3.34. The van der Waals surface area contributed by atoms with Gasteiger partial charge in [-0.1, -0.05) is 0 Å². The molecule has 0 bridgehead atoms. The number of methoxy groups -OCH3 is 1. The smallest absolute Gasteiger partial charge is 0.416 e. The Bertz CT molecular complexity index is 1070. The van der Waals surface area contributed by atoms with E-state index < -0.39 is 17.7 Å². The van der Waals surface area contributed by atoms with Crippen LogP contribution in [-0.2, 0) is 11.0 Å². The number of benzene rings is 1. The molecule has 168 valence electrons. The van der Waals surface area contributed by atoms with Gasteiger partial charge < -0.3 is 19.4 Å². The second kappa shape index (κ2) is 8.89. The Morgan fingerprint density at radius 1 is 1.22 bits per heavy atom. The van der Waals surface area contributed by atoms with E-state index in [9.17, 15) is 18.0 Å². The Morgan fingerprint density at radius 3 is 2.72 bits per heavy atom. The molecule has 1 aliphatic rings. The maximum absolute atomic E-state index is 13.1. The number of furan rings is 1. The number of alkyl halides is 3. The van der Waals surface area contributed by atoms with E-state index in [0.29, 0.717) is 36.8 Å². The van der Waals surface area contributed by atoms with Gasteiger partial charge in [0, 0.05) is 13.1 Å². The van der Waals surface area contributed by atoms with Gasteiger partial charge in [0.25, 0.3) is 0 Å². The molecular weight excluding hydrogens is 425 g/mol. The summed E-state index contributed by atoms with van der Waals surface area (Å²) in [6, 6.07) is 10.1. The Morgan fingerprint density at radius 2 is 2.06 bits per heavy atom. The predicted octanol–water partition coefficient (Wildman–Crippen LogP) is 4.62. The van der Waals surface area contributed by atoms with Gasteiger partial charge in [0.1, 0.15) is 11.4 Å².